The zero-order chi connectivity index (χ0) is 14.5. The second-order valence-corrected chi connectivity index (χ2v) is 5.52. The largest absolute Gasteiger partial charge is 0.508 e. The number of esters is 1. The van der Waals surface area contributed by atoms with Crippen molar-refractivity contribution in [1.82, 2.24) is 0 Å². The van der Waals surface area contributed by atoms with E-state index in [1.807, 2.05) is 6.92 Å². The Morgan fingerprint density at radius 3 is 2.60 bits per heavy atom. The zero-order valence-electron chi connectivity index (χ0n) is 11.9. The van der Waals surface area contributed by atoms with E-state index in [0.717, 1.165) is 32.1 Å². The lowest BCUT2D eigenvalue weighted by molar-refractivity contribution is 0.0314. The van der Waals surface area contributed by atoms with E-state index in [4.69, 9.17) is 4.74 Å². The predicted octanol–water partition coefficient (Wildman–Crippen LogP) is 3.54. The van der Waals surface area contributed by atoms with Crippen molar-refractivity contribution >= 4 is 5.97 Å². The predicted molar refractivity (Wildman–Crippen MR) is 76.1 cm³/mol. The summed E-state index contributed by atoms with van der Waals surface area (Å²) in [5.74, 6) is -0.714. The third-order valence-electron chi connectivity index (χ3n) is 3.75. The molecule has 1 aromatic carbocycles. The maximum atomic E-state index is 12.2. The van der Waals surface area contributed by atoms with Gasteiger partial charge in [0.2, 0.25) is 0 Å². The molecule has 1 aliphatic heterocycles. The fourth-order valence-electron chi connectivity index (χ4n) is 2.68. The van der Waals surface area contributed by atoms with Crippen LogP contribution < -0.4 is 0 Å². The van der Waals surface area contributed by atoms with Crippen molar-refractivity contribution in [3.05, 3.63) is 23.3 Å². The van der Waals surface area contributed by atoms with Crippen molar-refractivity contribution in [3.8, 4) is 11.5 Å². The summed E-state index contributed by atoms with van der Waals surface area (Å²) >= 11 is 0. The van der Waals surface area contributed by atoms with E-state index in [2.05, 4.69) is 0 Å². The van der Waals surface area contributed by atoms with Crippen molar-refractivity contribution in [2.24, 2.45) is 0 Å². The number of fused-ring (bicyclic) bond motifs is 1. The molecule has 4 nitrogen and oxygen atoms in total. The van der Waals surface area contributed by atoms with E-state index in [0.29, 0.717) is 12.0 Å². The maximum absolute atomic E-state index is 12.2. The highest BCUT2D eigenvalue weighted by molar-refractivity contribution is 5.94. The van der Waals surface area contributed by atoms with Gasteiger partial charge in [-0.15, -0.1) is 0 Å². The Bertz CT molecular complexity index is 482. The summed E-state index contributed by atoms with van der Waals surface area (Å²) in [6, 6.07) is 2.74. The lowest BCUT2D eigenvalue weighted by Gasteiger charge is -2.17. The molecule has 4 heteroatoms. The van der Waals surface area contributed by atoms with Crippen LogP contribution in [0.4, 0.5) is 0 Å². The Balaban J connectivity index is 2.31. The van der Waals surface area contributed by atoms with Crippen LogP contribution in [0.25, 0.3) is 0 Å². The molecule has 0 amide bonds. The molecule has 0 fully saturated rings. The van der Waals surface area contributed by atoms with Gasteiger partial charge in [-0.05, 0) is 44.2 Å². The molecule has 1 aromatic rings. The Morgan fingerprint density at radius 2 is 1.80 bits per heavy atom. The molecule has 0 saturated heterocycles. The molecule has 0 unspecified atom stereocenters. The summed E-state index contributed by atoms with van der Waals surface area (Å²) < 4.78 is 5.39. The summed E-state index contributed by atoms with van der Waals surface area (Å²) in [6.07, 6.45) is 6.78. The standard InChI is InChI=1S/C16H22O4/c1-11-7-5-3-2-4-6-8-12-9-13(17)10-14(18)15(12)16(19)20-11/h9-11,17-18H,2-8H2,1H3/t11-/m1/s1. The number of cyclic esters (lactones) is 1. The van der Waals surface area contributed by atoms with Crippen molar-refractivity contribution in [3.63, 3.8) is 0 Å². The Hall–Kier alpha value is -1.71. The van der Waals surface area contributed by atoms with E-state index in [1.54, 1.807) is 6.07 Å². The van der Waals surface area contributed by atoms with Crippen LogP contribution in [0.15, 0.2) is 12.1 Å². The van der Waals surface area contributed by atoms with E-state index >= 15 is 0 Å². The molecule has 110 valence electrons. The van der Waals surface area contributed by atoms with Gasteiger partial charge in [0.15, 0.2) is 0 Å². The number of rotatable bonds is 0. The molecule has 0 saturated carbocycles. The summed E-state index contributed by atoms with van der Waals surface area (Å²) in [6.45, 7) is 1.88. The van der Waals surface area contributed by atoms with Gasteiger partial charge < -0.3 is 14.9 Å². The lowest BCUT2D eigenvalue weighted by atomic mass is 9.98. The first-order valence-corrected chi connectivity index (χ1v) is 7.34. The minimum absolute atomic E-state index is 0.0193. The van der Waals surface area contributed by atoms with Crippen molar-refractivity contribution in [2.75, 3.05) is 0 Å². The quantitative estimate of drug-likeness (QED) is 0.712. The molecule has 2 rings (SSSR count). The van der Waals surface area contributed by atoms with Gasteiger partial charge in [0.25, 0.3) is 0 Å². The molecule has 1 heterocycles. The van der Waals surface area contributed by atoms with Gasteiger partial charge in [-0.3, -0.25) is 0 Å². The number of benzene rings is 1. The second-order valence-electron chi connectivity index (χ2n) is 5.52. The third kappa shape index (κ3) is 3.65. The Kier molecular flexibility index (Phi) is 4.88. The van der Waals surface area contributed by atoms with Gasteiger partial charge in [0.1, 0.15) is 17.1 Å². The second kappa shape index (κ2) is 6.64. The summed E-state index contributed by atoms with van der Waals surface area (Å²) in [5.41, 5.74) is 0.871. The fourth-order valence-corrected chi connectivity index (χ4v) is 2.68. The maximum Gasteiger partial charge on any atom is 0.342 e. The molecular weight excluding hydrogens is 256 g/mol. The Labute approximate surface area is 119 Å². The van der Waals surface area contributed by atoms with Gasteiger partial charge in [-0.1, -0.05) is 19.3 Å². The molecule has 0 spiro atoms. The van der Waals surface area contributed by atoms with Crippen LogP contribution in [0.3, 0.4) is 0 Å². The number of aromatic hydroxyl groups is 2. The van der Waals surface area contributed by atoms with E-state index in [1.165, 1.54) is 12.5 Å². The summed E-state index contributed by atoms with van der Waals surface area (Å²) in [7, 11) is 0. The van der Waals surface area contributed by atoms with Crippen LogP contribution in [-0.4, -0.2) is 22.3 Å². The smallest absolute Gasteiger partial charge is 0.342 e. The molecule has 0 radical (unpaired) electrons. The molecule has 0 bridgehead atoms. The first-order chi connectivity index (χ1) is 9.58. The lowest BCUT2D eigenvalue weighted by Crippen LogP contribution is -2.17. The fraction of sp³-hybridized carbons (Fsp3) is 0.562. The van der Waals surface area contributed by atoms with Crippen LogP contribution in [0, 0.1) is 0 Å². The monoisotopic (exact) mass is 278 g/mol. The minimum Gasteiger partial charge on any atom is -0.508 e. The number of carbonyl (C=O) groups excluding carboxylic acids is 1. The molecule has 1 aliphatic rings. The van der Waals surface area contributed by atoms with Crippen molar-refractivity contribution in [1.29, 1.82) is 0 Å². The highest BCUT2D eigenvalue weighted by Crippen LogP contribution is 2.30. The van der Waals surface area contributed by atoms with Gasteiger partial charge >= 0.3 is 5.97 Å². The first kappa shape index (κ1) is 14.7. The van der Waals surface area contributed by atoms with Crippen LogP contribution in [0.1, 0.15) is 61.4 Å². The van der Waals surface area contributed by atoms with E-state index < -0.39 is 5.97 Å². The van der Waals surface area contributed by atoms with Crippen molar-refractivity contribution < 1.29 is 19.7 Å². The number of hydrogen-bond donors (Lipinski definition) is 2. The number of ether oxygens (including phenoxy) is 1. The van der Waals surface area contributed by atoms with Gasteiger partial charge in [-0.2, -0.15) is 0 Å². The third-order valence-corrected chi connectivity index (χ3v) is 3.75. The highest BCUT2D eigenvalue weighted by atomic mass is 16.5. The summed E-state index contributed by atoms with van der Waals surface area (Å²) in [5, 5.41) is 19.5. The number of hydrogen-bond acceptors (Lipinski definition) is 4. The topological polar surface area (TPSA) is 66.8 Å². The minimum atomic E-state index is -0.495. The summed E-state index contributed by atoms with van der Waals surface area (Å²) in [4.78, 5) is 12.2. The van der Waals surface area contributed by atoms with Gasteiger partial charge in [-0.25, -0.2) is 4.79 Å². The molecule has 0 aromatic heterocycles. The average molecular weight is 278 g/mol. The van der Waals surface area contributed by atoms with Crippen LogP contribution in [0.5, 0.6) is 11.5 Å². The van der Waals surface area contributed by atoms with Gasteiger partial charge in [0, 0.05) is 6.07 Å². The van der Waals surface area contributed by atoms with Crippen molar-refractivity contribution in [2.45, 2.75) is 58.0 Å². The first-order valence-electron chi connectivity index (χ1n) is 7.34. The van der Waals surface area contributed by atoms with E-state index in [9.17, 15) is 15.0 Å². The average Bonchev–Trinajstić information content (AvgIpc) is 2.35. The van der Waals surface area contributed by atoms with E-state index in [-0.39, 0.29) is 23.2 Å². The molecule has 20 heavy (non-hydrogen) atoms. The zero-order valence-corrected chi connectivity index (χ0v) is 11.9. The molecule has 2 N–H and O–H groups in total. The van der Waals surface area contributed by atoms with Crippen LogP contribution >= 0.6 is 0 Å². The van der Waals surface area contributed by atoms with Crippen LogP contribution in [0.2, 0.25) is 0 Å². The Morgan fingerprint density at radius 1 is 1.10 bits per heavy atom. The SMILES string of the molecule is C[C@@H]1CCCCCCCc2cc(O)cc(O)c2C(=O)O1. The number of aryl methyl sites for hydroxylation is 1. The number of phenols is 2. The highest BCUT2D eigenvalue weighted by Gasteiger charge is 2.21. The molecule has 1 atom stereocenters. The number of phenolic OH excluding ortho intramolecular Hbond substituents is 2. The molecule has 0 aliphatic carbocycles. The normalized spacial score (nSPS) is 21.2. The molecular formula is C16H22O4. The number of carbonyl (C=O) groups is 1. The van der Waals surface area contributed by atoms with Crippen LogP contribution in [-0.2, 0) is 11.2 Å². The van der Waals surface area contributed by atoms with Gasteiger partial charge in [0.05, 0.1) is 6.10 Å².